The Kier molecular flexibility index (Phi) is 6.81. The van der Waals surface area contributed by atoms with Crippen LogP contribution in [0.15, 0.2) is 53.0 Å². The molecule has 0 saturated heterocycles. The predicted molar refractivity (Wildman–Crippen MR) is 95.7 cm³/mol. The van der Waals surface area contributed by atoms with Crippen LogP contribution < -0.4 is 15.4 Å². The smallest absolute Gasteiger partial charge is 0.239 e. The maximum atomic E-state index is 11.8. The van der Waals surface area contributed by atoms with Crippen molar-refractivity contribution in [3.05, 3.63) is 64.1 Å². The quantitative estimate of drug-likeness (QED) is 0.762. The Morgan fingerprint density at radius 2 is 1.54 bits per heavy atom. The Hall–Kier alpha value is -2.34. The van der Waals surface area contributed by atoms with Crippen molar-refractivity contribution < 1.29 is 14.3 Å². The largest absolute Gasteiger partial charge is 0.497 e. The van der Waals surface area contributed by atoms with Crippen molar-refractivity contribution in [3.63, 3.8) is 0 Å². The fourth-order valence-corrected chi connectivity index (χ4v) is 2.30. The predicted octanol–water partition coefficient (Wildman–Crippen LogP) is 2.43. The van der Waals surface area contributed by atoms with E-state index in [4.69, 9.17) is 4.74 Å². The standard InChI is InChI=1S/C18H19BrN2O3/c1-24-16-8-4-14(5-9-16)11-20-18(23)12-21-17(22)10-13-2-6-15(19)7-3-13/h2-9H,10-12H2,1H3,(H,20,23)(H,21,22). The van der Waals surface area contributed by atoms with E-state index in [2.05, 4.69) is 26.6 Å². The lowest BCUT2D eigenvalue weighted by Gasteiger charge is -2.08. The first-order valence-electron chi connectivity index (χ1n) is 7.47. The summed E-state index contributed by atoms with van der Waals surface area (Å²) in [5.41, 5.74) is 1.86. The fourth-order valence-electron chi connectivity index (χ4n) is 2.04. The van der Waals surface area contributed by atoms with Gasteiger partial charge in [0.15, 0.2) is 0 Å². The van der Waals surface area contributed by atoms with Crippen molar-refractivity contribution in [2.45, 2.75) is 13.0 Å². The first-order chi connectivity index (χ1) is 11.6. The first-order valence-corrected chi connectivity index (χ1v) is 8.27. The minimum Gasteiger partial charge on any atom is -0.497 e. The average molecular weight is 391 g/mol. The van der Waals surface area contributed by atoms with Gasteiger partial charge in [0, 0.05) is 11.0 Å². The molecule has 2 aromatic carbocycles. The van der Waals surface area contributed by atoms with E-state index >= 15 is 0 Å². The molecular weight excluding hydrogens is 372 g/mol. The monoisotopic (exact) mass is 390 g/mol. The molecule has 0 spiro atoms. The van der Waals surface area contributed by atoms with Crippen LogP contribution in [0.5, 0.6) is 5.75 Å². The number of amides is 2. The van der Waals surface area contributed by atoms with Gasteiger partial charge in [0.1, 0.15) is 5.75 Å². The van der Waals surface area contributed by atoms with Crippen molar-refractivity contribution in [1.82, 2.24) is 10.6 Å². The van der Waals surface area contributed by atoms with Crippen LogP contribution >= 0.6 is 15.9 Å². The SMILES string of the molecule is COc1ccc(CNC(=O)CNC(=O)Cc2ccc(Br)cc2)cc1. The molecule has 0 unspecified atom stereocenters. The molecule has 0 aliphatic rings. The molecule has 0 atom stereocenters. The molecular formula is C18H19BrN2O3. The summed E-state index contributed by atoms with van der Waals surface area (Å²) in [6, 6.07) is 14.9. The number of hydrogen-bond donors (Lipinski definition) is 2. The van der Waals surface area contributed by atoms with E-state index in [1.807, 2.05) is 48.5 Å². The zero-order chi connectivity index (χ0) is 17.4. The van der Waals surface area contributed by atoms with Crippen molar-refractivity contribution in [1.29, 1.82) is 0 Å². The third kappa shape index (κ3) is 6.04. The summed E-state index contributed by atoms with van der Waals surface area (Å²) in [7, 11) is 1.60. The number of benzene rings is 2. The van der Waals surface area contributed by atoms with Gasteiger partial charge >= 0.3 is 0 Å². The Bertz CT molecular complexity index is 684. The summed E-state index contributed by atoms with van der Waals surface area (Å²) in [6.07, 6.45) is 0.249. The van der Waals surface area contributed by atoms with Crippen molar-refractivity contribution in [2.24, 2.45) is 0 Å². The highest BCUT2D eigenvalue weighted by molar-refractivity contribution is 9.10. The third-order valence-corrected chi connectivity index (χ3v) is 3.90. The average Bonchev–Trinajstić information content (AvgIpc) is 2.60. The highest BCUT2D eigenvalue weighted by Crippen LogP contribution is 2.11. The van der Waals surface area contributed by atoms with E-state index in [0.29, 0.717) is 6.54 Å². The number of rotatable bonds is 7. The van der Waals surface area contributed by atoms with E-state index in [0.717, 1.165) is 21.3 Å². The molecule has 5 nitrogen and oxygen atoms in total. The minimum absolute atomic E-state index is 0.0362. The summed E-state index contributed by atoms with van der Waals surface area (Å²) < 4.78 is 6.04. The van der Waals surface area contributed by atoms with Crippen LogP contribution in [0.25, 0.3) is 0 Å². The number of hydrogen-bond acceptors (Lipinski definition) is 3. The zero-order valence-electron chi connectivity index (χ0n) is 13.3. The van der Waals surface area contributed by atoms with Crippen molar-refractivity contribution >= 4 is 27.7 Å². The van der Waals surface area contributed by atoms with Crippen LogP contribution in [0.2, 0.25) is 0 Å². The molecule has 2 N–H and O–H groups in total. The van der Waals surface area contributed by atoms with Crippen LogP contribution in [0.4, 0.5) is 0 Å². The molecule has 2 aromatic rings. The lowest BCUT2D eigenvalue weighted by molar-refractivity contribution is -0.125. The van der Waals surface area contributed by atoms with Crippen molar-refractivity contribution in [2.75, 3.05) is 13.7 Å². The number of carbonyl (C=O) groups is 2. The van der Waals surface area contributed by atoms with Gasteiger partial charge in [-0.15, -0.1) is 0 Å². The summed E-state index contributed by atoms with van der Waals surface area (Å²) >= 11 is 3.35. The normalized spacial score (nSPS) is 10.1. The molecule has 0 bridgehead atoms. The molecule has 0 aromatic heterocycles. The van der Waals surface area contributed by atoms with Crippen LogP contribution in [-0.2, 0) is 22.6 Å². The lowest BCUT2D eigenvalue weighted by Crippen LogP contribution is -2.37. The Morgan fingerprint density at radius 3 is 2.17 bits per heavy atom. The van der Waals surface area contributed by atoms with Crippen LogP contribution in [0, 0.1) is 0 Å². The van der Waals surface area contributed by atoms with Gasteiger partial charge in [-0.1, -0.05) is 40.2 Å². The van der Waals surface area contributed by atoms with E-state index in [1.54, 1.807) is 7.11 Å². The second-order valence-corrected chi connectivity index (χ2v) is 6.12. The summed E-state index contributed by atoms with van der Waals surface area (Å²) in [6.45, 7) is 0.372. The Morgan fingerprint density at radius 1 is 0.917 bits per heavy atom. The number of carbonyl (C=O) groups excluding carboxylic acids is 2. The van der Waals surface area contributed by atoms with E-state index in [1.165, 1.54) is 0 Å². The van der Waals surface area contributed by atoms with Gasteiger partial charge in [0.05, 0.1) is 20.1 Å². The van der Waals surface area contributed by atoms with Gasteiger partial charge in [-0.25, -0.2) is 0 Å². The maximum Gasteiger partial charge on any atom is 0.239 e. The maximum absolute atomic E-state index is 11.8. The zero-order valence-corrected chi connectivity index (χ0v) is 14.9. The molecule has 6 heteroatoms. The van der Waals surface area contributed by atoms with Crippen LogP contribution in [0.3, 0.4) is 0 Å². The van der Waals surface area contributed by atoms with Gasteiger partial charge < -0.3 is 15.4 Å². The highest BCUT2D eigenvalue weighted by Gasteiger charge is 2.06. The van der Waals surface area contributed by atoms with Gasteiger partial charge in [-0.3, -0.25) is 9.59 Å². The number of halogens is 1. The van der Waals surface area contributed by atoms with Gasteiger partial charge in [0.25, 0.3) is 0 Å². The number of ether oxygens (including phenoxy) is 1. The topological polar surface area (TPSA) is 67.4 Å². The second-order valence-electron chi connectivity index (χ2n) is 5.20. The third-order valence-electron chi connectivity index (χ3n) is 3.37. The first kappa shape index (κ1) is 18.0. The van der Waals surface area contributed by atoms with E-state index in [-0.39, 0.29) is 24.8 Å². The number of nitrogens with one attached hydrogen (secondary N) is 2. The molecule has 0 saturated carbocycles. The number of methoxy groups -OCH3 is 1. The van der Waals surface area contributed by atoms with Crippen molar-refractivity contribution in [3.8, 4) is 5.75 Å². The minimum atomic E-state index is -0.227. The van der Waals surface area contributed by atoms with E-state index < -0.39 is 0 Å². The molecule has 126 valence electrons. The summed E-state index contributed by atoms with van der Waals surface area (Å²) in [5.74, 6) is 0.358. The lowest BCUT2D eigenvalue weighted by atomic mass is 10.1. The molecule has 0 fully saturated rings. The fraction of sp³-hybridized carbons (Fsp3) is 0.222. The Balaban J connectivity index is 1.70. The van der Waals surface area contributed by atoms with Gasteiger partial charge in [0.2, 0.25) is 11.8 Å². The summed E-state index contributed by atoms with van der Waals surface area (Å²) in [5, 5.41) is 5.38. The molecule has 2 amide bonds. The second kappa shape index (κ2) is 9.08. The molecule has 0 aliphatic carbocycles. The molecule has 0 heterocycles. The molecule has 0 aliphatic heterocycles. The van der Waals surface area contributed by atoms with Crippen LogP contribution in [-0.4, -0.2) is 25.5 Å². The highest BCUT2D eigenvalue weighted by atomic mass is 79.9. The van der Waals surface area contributed by atoms with Gasteiger partial charge in [-0.2, -0.15) is 0 Å². The molecule has 24 heavy (non-hydrogen) atoms. The van der Waals surface area contributed by atoms with Gasteiger partial charge in [-0.05, 0) is 35.4 Å². The summed E-state index contributed by atoms with van der Waals surface area (Å²) in [4.78, 5) is 23.6. The van der Waals surface area contributed by atoms with Crippen LogP contribution in [0.1, 0.15) is 11.1 Å². The molecule has 2 rings (SSSR count). The molecule has 0 radical (unpaired) electrons. The van der Waals surface area contributed by atoms with E-state index in [9.17, 15) is 9.59 Å². The Labute approximate surface area is 149 Å².